The van der Waals surface area contributed by atoms with Crippen LogP contribution in [-0.2, 0) is 26.9 Å². The molecule has 6 nitrogen and oxygen atoms in total. The summed E-state index contributed by atoms with van der Waals surface area (Å²) in [4.78, 5) is 24.7. The fraction of sp³-hybridized carbons (Fsp3) is 0.227. The van der Waals surface area contributed by atoms with Crippen molar-refractivity contribution in [2.24, 2.45) is 14.1 Å². The monoisotopic (exact) mass is 410 g/mol. The van der Waals surface area contributed by atoms with E-state index in [-0.39, 0.29) is 24.2 Å². The molecule has 0 aliphatic rings. The molecule has 154 valence electrons. The second-order valence-corrected chi connectivity index (χ2v) is 6.97. The molecule has 1 aromatic heterocycles. The average molecular weight is 410 g/mol. The summed E-state index contributed by atoms with van der Waals surface area (Å²) in [5.74, 6) is -0.823. The summed E-state index contributed by atoms with van der Waals surface area (Å²) in [6.45, 7) is 0. The summed E-state index contributed by atoms with van der Waals surface area (Å²) in [5.41, 5.74) is -0.820. The van der Waals surface area contributed by atoms with Gasteiger partial charge in [-0.25, -0.2) is 13.6 Å². The lowest BCUT2D eigenvalue weighted by molar-refractivity contribution is 0.573. The zero-order chi connectivity index (χ0) is 21.8. The highest BCUT2D eigenvalue weighted by atomic mass is 19.1. The minimum atomic E-state index is -0.737. The van der Waals surface area contributed by atoms with Crippen LogP contribution in [0.15, 0.2) is 58.1 Å². The van der Waals surface area contributed by atoms with Gasteiger partial charge in [-0.2, -0.15) is 5.26 Å². The molecule has 1 heterocycles. The standard InChI is InChI=1S/C22H20F2N4O2/c1-27-20(17(13-25)21(29)28(2)22(27)30)26-16(11-14-7-3-5-9-18(14)23)12-15-8-4-6-10-19(15)24/h3-10,16,26H,11-12H2,1-2H3. The van der Waals surface area contributed by atoms with E-state index in [0.29, 0.717) is 11.1 Å². The van der Waals surface area contributed by atoms with Gasteiger partial charge in [0.25, 0.3) is 5.56 Å². The van der Waals surface area contributed by atoms with Crippen molar-refractivity contribution in [3.63, 3.8) is 0 Å². The Hall–Kier alpha value is -3.73. The Kier molecular flexibility index (Phi) is 6.11. The first kappa shape index (κ1) is 21.0. The van der Waals surface area contributed by atoms with Crippen LogP contribution in [0.2, 0.25) is 0 Å². The molecule has 0 amide bonds. The van der Waals surface area contributed by atoms with E-state index in [1.165, 1.54) is 26.2 Å². The lowest BCUT2D eigenvalue weighted by Gasteiger charge is -2.23. The molecule has 3 rings (SSSR count). The van der Waals surface area contributed by atoms with E-state index >= 15 is 0 Å². The number of aromatic nitrogens is 2. The molecule has 30 heavy (non-hydrogen) atoms. The van der Waals surface area contributed by atoms with Crippen LogP contribution in [0.4, 0.5) is 14.6 Å². The predicted molar refractivity (Wildman–Crippen MR) is 109 cm³/mol. The van der Waals surface area contributed by atoms with Crippen LogP contribution in [-0.4, -0.2) is 15.2 Å². The van der Waals surface area contributed by atoms with Gasteiger partial charge in [0.1, 0.15) is 23.5 Å². The molecule has 0 unspecified atom stereocenters. The molecule has 3 aromatic rings. The van der Waals surface area contributed by atoms with E-state index in [1.54, 1.807) is 36.4 Å². The molecule has 0 aliphatic carbocycles. The van der Waals surface area contributed by atoms with Crippen LogP contribution in [0.25, 0.3) is 0 Å². The first-order valence-electron chi connectivity index (χ1n) is 9.27. The number of hydrogen-bond acceptors (Lipinski definition) is 4. The molecule has 0 aliphatic heterocycles. The van der Waals surface area contributed by atoms with Gasteiger partial charge in [0.05, 0.1) is 0 Å². The molecule has 0 radical (unpaired) electrons. The van der Waals surface area contributed by atoms with Crippen LogP contribution in [0, 0.1) is 23.0 Å². The summed E-state index contributed by atoms with van der Waals surface area (Å²) < 4.78 is 30.5. The molecule has 0 saturated carbocycles. The minimum Gasteiger partial charge on any atom is -0.367 e. The Morgan fingerprint density at radius 2 is 1.43 bits per heavy atom. The van der Waals surface area contributed by atoms with Crippen molar-refractivity contribution in [1.29, 1.82) is 5.26 Å². The lowest BCUT2D eigenvalue weighted by Crippen LogP contribution is -2.41. The smallest absolute Gasteiger partial charge is 0.332 e. The van der Waals surface area contributed by atoms with Crippen molar-refractivity contribution >= 4 is 5.82 Å². The summed E-state index contributed by atoms with van der Waals surface area (Å²) in [6.07, 6.45) is 0.296. The molecular formula is C22H20F2N4O2. The highest BCUT2D eigenvalue weighted by Crippen LogP contribution is 2.19. The maximum atomic E-state index is 14.2. The molecule has 0 spiro atoms. The Bertz CT molecular complexity index is 1190. The van der Waals surface area contributed by atoms with Crippen molar-refractivity contribution in [2.45, 2.75) is 18.9 Å². The lowest BCUT2D eigenvalue weighted by atomic mass is 9.98. The number of anilines is 1. The molecule has 2 aromatic carbocycles. The Morgan fingerprint density at radius 3 is 1.90 bits per heavy atom. The second-order valence-electron chi connectivity index (χ2n) is 6.97. The van der Waals surface area contributed by atoms with Gasteiger partial charge in [-0.1, -0.05) is 36.4 Å². The normalized spacial score (nSPS) is 10.8. The van der Waals surface area contributed by atoms with E-state index in [0.717, 1.165) is 9.13 Å². The van der Waals surface area contributed by atoms with Gasteiger partial charge < -0.3 is 5.32 Å². The third-order valence-electron chi connectivity index (χ3n) is 4.97. The molecule has 0 bridgehead atoms. The van der Waals surface area contributed by atoms with E-state index < -0.39 is 28.9 Å². The first-order chi connectivity index (χ1) is 14.3. The van der Waals surface area contributed by atoms with Crippen LogP contribution in [0.3, 0.4) is 0 Å². The molecular weight excluding hydrogens is 390 g/mol. The largest absolute Gasteiger partial charge is 0.367 e. The van der Waals surface area contributed by atoms with Gasteiger partial charge in [0.2, 0.25) is 0 Å². The van der Waals surface area contributed by atoms with Gasteiger partial charge >= 0.3 is 5.69 Å². The average Bonchev–Trinajstić information content (AvgIpc) is 2.74. The van der Waals surface area contributed by atoms with Gasteiger partial charge in [-0.05, 0) is 36.1 Å². The van der Waals surface area contributed by atoms with Crippen molar-refractivity contribution < 1.29 is 8.78 Å². The topological polar surface area (TPSA) is 79.8 Å². The summed E-state index contributed by atoms with van der Waals surface area (Å²) >= 11 is 0. The van der Waals surface area contributed by atoms with Crippen molar-refractivity contribution in [3.8, 4) is 6.07 Å². The SMILES string of the molecule is Cn1c(NC(Cc2ccccc2F)Cc2ccccc2F)c(C#N)c(=O)n(C)c1=O. The first-order valence-corrected chi connectivity index (χ1v) is 9.27. The molecule has 1 N–H and O–H groups in total. The number of rotatable bonds is 6. The number of nitrogens with one attached hydrogen (secondary N) is 1. The van der Waals surface area contributed by atoms with Crippen molar-refractivity contribution in [1.82, 2.24) is 9.13 Å². The Morgan fingerprint density at radius 1 is 0.933 bits per heavy atom. The number of hydrogen-bond donors (Lipinski definition) is 1. The summed E-state index contributed by atoms with van der Waals surface area (Å²) in [5, 5.41) is 12.5. The third-order valence-corrected chi connectivity index (χ3v) is 4.97. The van der Waals surface area contributed by atoms with Crippen LogP contribution in [0.1, 0.15) is 16.7 Å². The Balaban J connectivity index is 2.07. The molecule has 0 atom stereocenters. The quantitative estimate of drug-likeness (QED) is 0.677. The van der Waals surface area contributed by atoms with E-state index in [4.69, 9.17) is 0 Å². The summed E-state index contributed by atoms with van der Waals surface area (Å²) in [7, 11) is 2.71. The summed E-state index contributed by atoms with van der Waals surface area (Å²) in [6, 6.07) is 13.6. The predicted octanol–water partition coefficient (Wildman–Crippen LogP) is 2.50. The van der Waals surface area contributed by atoms with E-state index in [9.17, 15) is 23.6 Å². The fourth-order valence-electron chi connectivity index (χ4n) is 3.34. The zero-order valence-electron chi connectivity index (χ0n) is 16.5. The Labute approximate surface area is 171 Å². The highest BCUT2D eigenvalue weighted by Gasteiger charge is 2.21. The van der Waals surface area contributed by atoms with Crippen molar-refractivity contribution in [3.05, 3.63) is 97.7 Å². The van der Waals surface area contributed by atoms with Gasteiger partial charge in [-0.15, -0.1) is 0 Å². The third kappa shape index (κ3) is 4.15. The maximum Gasteiger partial charge on any atom is 0.332 e. The minimum absolute atomic E-state index is 0.0169. The fourth-order valence-corrected chi connectivity index (χ4v) is 3.34. The number of nitrogens with zero attached hydrogens (tertiary/aromatic N) is 3. The molecule has 0 fully saturated rings. The van der Waals surface area contributed by atoms with Gasteiger partial charge in [0, 0.05) is 20.1 Å². The molecule has 0 saturated heterocycles. The highest BCUT2D eigenvalue weighted by molar-refractivity contribution is 5.52. The number of halogens is 2. The van der Waals surface area contributed by atoms with Crippen LogP contribution < -0.4 is 16.6 Å². The van der Waals surface area contributed by atoms with E-state index in [1.807, 2.05) is 6.07 Å². The number of nitriles is 1. The van der Waals surface area contributed by atoms with Crippen LogP contribution >= 0.6 is 0 Å². The van der Waals surface area contributed by atoms with Gasteiger partial charge in [-0.3, -0.25) is 13.9 Å². The second kappa shape index (κ2) is 8.74. The van der Waals surface area contributed by atoms with E-state index in [2.05, 4.69) is 5.32 Å². The van der Waals surface area contributed by atoms with Gasteiger partial charge in [0.15, 0.2) is 5.56 Å². The van der Waals surface area contributed by atoms with Crippen LogP contribution in [0.5, 0.6) is 0 Å². The maximum absolute atomic E-state index is 14.2. The number of benzene rings is 2. The molecule has 8 heteroatoms. The zero-order valence-corrected chi connectivity index (χ0v) is 16.5. The van der Waals surface area contributed by atoms with Crippen molar-refractivity contribution in [2.75, 3.05) is 5.32 Å².